The van der Waals surface area contributed by atoms with Gasteiger partial charge in [-0.3, -0.25) is 19.4 Å². The first kappa shape index (κ1) is 48.2. The second-order valence-electron chi connectivity index (χ2n) is 14.2. The van der Waals surface area contributed by atoms with Crippen molar-refractivity contribution in [2.45, 2.75) is 25.4 Å². The third kappa shape index (κ3) is 13.0. The van der Waals surface area contributed by atoms with Gasteiger partial charge in [0.15, 0.2) is 5.78 Å². The molecule has 0 radical (unpaired) electrons. The summed E-state index contributed by atoms with van der Waals surface area (Å²) in [4.78, 5) is 56.0. The third-order valence-electron chi connectivity index (χ3n) is 9.83. The monoisotopic (exact) mass is 949 g/mol. The summed E-state index contributed by atoms with van der Waals surface area (Å²) < 4.78 is 90.4. The van der Waals surface area contributed by atoms with Gasteiger partial charge >= 0.3 is 36.2 Å². The molecule has 3 heterocycles. The molecule has 0 saturated carbocycles. The van der Waals surface area contributed by atoms with Crippen LogP contribution in [0.5, 0.6) is 0 Å². The van der Waals surface area contributed by atoms with Crippen LogP contribution in [0.25, 0.3) is 11.5 Å². The number of Topliss-reactive ketones (excluding diaryl/α,β-unsaturated/α-hetero) is 1. The fourth-order valence-corrected chi connectivity index (χ4v) is 6.90. The largest absolute Gasteiger partial charge is 0.471 e. The maximum Gasteiger partial charge on any atom is 0.471 e. The molecule has 344 valence electrons. The molecule has 2 saturated heterocycles. The Hall–Kier alpha value is -6.22. The van der Waals surface area contributed by atoms with Gasteiger partial charge in [-0.2, -0.15) is 26.3 Å². The number of rotatable bonds is 10. The molecule has 0 bridgehead atoms. The number of carbonyl (C=O) groups excluding carboxylic acids is 4. The minimum atomic E-state index is -5.07. The van der Waals surface area contributed by atoms with Gasteiger partial charge in [-0.25, -0.2) is 9.59 Å². The van der Waals surface area contributed by atoms with Crippen LogP contribution < -0.4 is 15.1 Å². The Morgan fingerprint density at radius 3 is 1.55 bits per heavy atom. The quantitative estimate of drug-likeness (QED) is 0.107. The van der Waals surface area contributed by atoms with Gasteiger partial charge in [0.05, 0.1) is 46.1 Å². The van der Waals surface area contributed by atoms with Crippen LogP contribution in [0.2, 0.25) is 10.0 Å². The molecule has 14 nitrogen and oxygen atoms in total. The Bertz CT molecular complexity index is 2430. The van der Waals surface area contributed by atoms with E-state index in [1.807, 2.05) is 36.4 Å². The second-order valence-corrected chi connectivity index (χ2v) is 15.0. The first-order valence-corrected chi connectivity index (χ1v) is 20.5. The van der Waals surface area contributed by atoms with E-state index in [2.05, 4.69) is 10.2 Å². The number of ketones is 1. The highest BCUT2D eigenvalue weighted by Gasteiger charge is 2.39. The van der Waals surface area contributed by atoms with Gasteiger partial charge in [-0.1, -0.05) is 77.8 Å². The molecule has 5 aromatic rings. The lowest BCUT2D eigenvalue weighted by molar-refractivity contribution is -0.173. The number of benzene rings is 4. The zero-order chi connectivity index (χ0) is 46.7. The molecule has 1 N–H and O–H groups in total. The molecule has 0 atom stereocenters. The number of halogens is 8. The van der Waals surface area contributed by atoms with E-state index >= 15 is 0 Å². The summed E-state index contributed by atoms with van der Waals surface area (Å²) in [7, 11) is 0. The second kappa shape index (κ2) is 21.6. The zero-order valence-electron chi connectivity index (χ0n) is 34.1. The Labute approximate surface area is 377 Å². The highest BCUT2D eigenvalue weighted by molar-refractivity contribution is 6.32. The van der Waals surface area contributed by atoms with E-state index in [1.54, 1.807) is 49.9 Å². The lowest BCUT2D eigenvalue weighted by Crippen LogP contribution is -2.48. The maximum atomic E-state index is 13.2. The number of urea groups is 2. The number of anilines is 2. The summed E-state index contributed by atoms with van der Waals surface area (Å²) in [6.45, 7) is 3.13. The van der Waals surface area contributed by atoms with E-state index in [0.29, 0.717) is 75.1 Å². The van der Waals surface area contributed by atoms with Crippen LogP contribution >= 0.6 is 23.2 Å². The van der Waals surface area contributed by atoms with Crippen molar-refractivity contribution < 1.29 is 59.4 Å². The summed E-state index contributed by atoms with van der Waals surface area (Å²) in [6.07, 6.45) is -9.80. The average molecular weight is 951 g/mol. The van der Waals surface area contributed by atoms with Crippen molar-refractivity contribution in [2.75, 3.05) is 69.0 Å². The number of morpholine rings is 2. The van der Waals surface area contributed by atoms with Gasteiger partial charge < -0.3 is 29.0 Å². The predicted octanol–water partition coefficient (Wildman–Crippen LogP) is 8.53. The normalized spacial score (nSPS) is 14.2. The van der Waals surface area contributed by atoms with E-state index < -0.39 is 36.5 Å². The van der Waals surface area contributed by atoms with Gasteiger partial charge in [0, 0.05) is 58.7 Å². The van der Waals surface area contributed by atoms with Crippen molar-refractivity contribution >= 4 is 58.3 Å². The summed E-state index contributed by atoms with van der Waals surface area (Å²) >= 11 is 12.8. The average Bonchev–Trinajstić information content (AvgIpc) is 3.82. The van der Waals surface area contributed by atoms with E-state index in [0.717, 1.165) is 0 Å². The molecule has 22 heteroatoms. The third-order valence-corrected chi connectivity index (χ3v) is 10.5. The van der Waals surface area contributed by atoms with E-state index in [9.17, 15) is 45.5 Å². The standard InChI is InChI=1S/C22H21ClF3N3O4.C21H18ClF3N4O3/c23-18-12-15(19(30)13-27-20(31)22(24,25)26)6-7-16(18)14-29(17-4-2-1-3-5-17)21(32)28-8-10-33-11-9-28;22-17-12-14(18-26-27-19(32-18)21(23,24)25)6-7-15(17)13-29(16-4-2-1-3-5-16)20(30)28-8-10-31-11-9-28/h1-7,12H,8-11,13-14H2,(H,27,31);1-7,12H,8-11,13H2. The van der Waals surface area contributed by atoms with Crippen LogP contribution in [0.3, 0.4) is 0 Å². The number of amides is 5. The highest BCUT2D eigenvalue weighted by Crippen LogP contribution is 2.33. The number of aromatic nitrogens is 2. The van der Waals surface area contributed by atoms with Crippen molar-refractivity contribution in [3.8, 4) is 11.5 Å². The molecule has 0 spiro atoms. The number of nitrogens with zero attached hydrogens (tertiary/aromatic N) is 6. The molecule has 0 aliphatic carbocycles. The van der Waals surface area contributed by atoms with Gasteiger partial charge in [0.1, 0.15) is 0 Å². The van der Waals surface area contributed by atoms with Gasteiger partial charge in [0.25, 0.3) is 0 Å². The van der Waals surface area contributed by atoms with Crippen molar-refractivity contribution in [3.63, 3.8) is 0 Å². The molecular formula is C43H39Cl2F6N7O7. The lowest BCUT2D eigenvalue weighted by atomic mass is 10.1. The molecular weight excluding hydrogens is 911 g/mol. The predicted molar refractivity (Wildman–Crippen MR) is 225 cm³/mol. The first-order valence-electron chi connectivity index (χ1n) is 19.7. The summed E-state index contributed by atoms with van der Waals surface area (Å²) in [5.74, 6) is -4.65. The van der Waals surface area contributed by atoms with E-state index in [1.165, 1.54) is 35.6 Å². The van der Waals surface area contributed by atoms with Gasteiger partial charge in [-0.15, -0.1) is 10.2 Å². The Kier molecular flexibility index (Phi) is 16.1. The summed E-state index contributed by atoms with van der Waals surface area (Å²) in [6, 6.07) is 26.5. The topological polar surface area (TPSA) is 151 Å². The summed E-state index contributed by atoms with van der Waals surface area (Å²) in [5.41, 5.74) is 2.77. The number of para-hydroxylation sites is 2. The number of alkyl halides is 6. The zero-order valence-corrected chi connectivity index (χ0v) is 35.6. The van der Waals surface area contributed by atoms with Crippen LogP contribution in [-0.2, 0) is 33.5 Å². The smallest absolute Gasteiger partial charge is 0.413 e. The first-order chi connectivity index (χ1) is 31.0. The molecule has 7 rings (SSSR count). The van der Waals surface area contributed by atoms with Crippen LogP contribution in [0.4, 0.5) is 47.3 Å². The molecule has 4 aromatic carbocycles. The SMILES string of the molecule is O=C(CNC(=O)C(F)(F)F)c1ccc(CN(C(=O)N2CCOCC2)c2ccccc2)c(Cl)c1.O=C(N1CCOCC1)N(Cc1ccc(-c2nnc(C(F)(F)F)o2)cc1Cl)c1ccccc1. The van der Waals surface area contributed by atoms with Crippen molar-refractivity contribution in [1.29, 1.82) is 0 Å². The summed E-state index contributed by atoms with van der Waals surface area (Å²) in [5, 5.41) is 8.42. The molecule has 2 fully saturated rings. The lowest BCUT2D eigenvalue weighted by Gasteiger charge is -2.33. The van der Waals surface area contributed by atoms with Crippen molar-refractivity contribution in [3.05, 3.63) is 130 Å². The Morgan fingerprint density at radius 1 is 0.646 bits per heavy atom. The fourth-order valence-electron chi connectivity index (χ4n) is 6.42. The number of carbonyl (C=O) groups is 4. The molecule has 5 amide bonds. The van der Waals surface area contributed by atoms with Crippen LogP contribution in [-0.4, -0.2) is 109 Å². The van der Waals surface area contributed by atoms with Gasteiger partial charge in [0.2, 0.25) is 5.89 Å². The molecule has 2 aliphatic heterocycles. The van der Waals surface area contributed by atoms with Crippen LogP contribution in [0.15, 0.2) is 101 Å². The van der Waals surface area contributed by atoms with Gasteiger partial charge in [-0.05, 0) is 53.6 Å². The van der Waals surface area contributed by atoms with E-state index in [4.69, 9.17) is 37.1 Å². The number of hydrogen-bond donors (Lipinski definition) is 1. The minimum absolute atomic E-state index is 0.0389. The maximum absolute atomic E-state index is 13.2. The van der Waals surface area contributed by atoms with Crippen LogP contribution in [0.1, 0.15) is 27.4 Å². The van der Waals surface area contributed by atoms with Crippen molar-refractivity contribution in [2.24, 2.45) is 0 Å². The number of hydrogen-bond acceptors (Lipinski definition) is 9. The number of nitrogens with one attached hydrogen (secondary N) is 1. The molecule has 1 aromatic heterocycles. The van der Waals surface area contributed by atoms with E-state index in [-0.39, 0.29) is 52.2 Å². The molecule has 0 unspecified atom stereocenters. The molecule has 2 aliphatic rings. The molecule has 65 heavy (non-hydrogen) atoms. The Balaban J connectivity index is 0.000000215. The highest BCUT2D eigenvalue weighted by atomic mass is 35.5. The fraction of sp³-hybridized carbons (Fsp3) is 0.302. The number of ether oxygens (including phenoxy) is 2. The minimum Gasteiger partial charge on any atom is -0.413 e. The van der Waals surface area contributed by atoms with Crippen LogP contribution in [0, 0.1) is 0 Å². The van der Waals surface area contributed by atoms with Crippen molar-refractivity contribution in [1.82, 2.24) is 25.3 Å². The Morgan fingerprint density at radius 2 is 1.12 bits per heavy atom.